The summed E-state index contributed by atoms with van der Waals surface area (Å²) in [7, 11) is -2.57. The number of carbonyl (C=O) groups excluding carboxylic acids is 1. The number of rotatable bonds is 7. The number of sulfonamides is 1. The molecule has 1 heterocycles. The molecule has 0 spiro atoms. The molecule has 30 heavy (non-hydrogen) atoms. The zero-order chi connectivity index (χ0) is 21.7. The number of hydrogen-bond donors (Lipinski definition) is 1. The van der Waals surface area contributed by atoms with Crippen molar-refractivity contribution in [1.29, 1.82) is 0 Å². The summed E-state index contributed by atoms with van der Waals surface area (Å²) in [6.45, 7) is 2.87. The van der Waals surface area contributed by atoms with Crippen LogP contribution in [0.5, 0.6) is 0 Å². The van der Waals surface area contributed by atoms with Crippen LogP contribution in [0.3, 0.4) is 0 Å². The van der Waals surface area contributed by atoms with Crippen LogP contribution < -0.4 is 4.89 Å². The Hall–Kier alpha value is -2.86. The molecule has 11 heteroatoms. The van der Waals surface area contributed by atoms with Crippen LogP contribution in [0, 0.1) is 10.1 Å². The maximum Gasteiger partial charge on any atom is 0.269 e. The summed E-state index contributed by atoms with van der Waals surface area (Å²) in [4.78, 5) is 33.4. The lowest BCUT2D eigenvalue weighted by molar-refractivity contribution is -0.384. The molecule has 1 N–H and O–H groups in total. The van der Waals surface area contributed by atoms with Gasteiger partial charge in [0.2, 0.25) is 0 Å². The summed E-state index contributed by atoms with van der Waals surface area (Å²) < 4.78 is 23.8. The number of non-ortho nitro benzene ring substituents is 1. The predicted molar refractivity (Wildman–Crippen MR) is 108 cm³/mol. The zero-order valence-electron chi connectivity index (χ0n) is 16.4. The number of nitrogens with one attached hydrogen (secondary N) is 1. The standard InChI is InChI=1S/C19H22N4O6S/c1-29-20-30(27,28)18-7-5-16(6-8-18)19(24)22-11-9-21(10-12-22)14-15-3-2-4-17(13-15)23(25)26/h2-8,13,20H,9-12,14H2,1H3. The second-order valence-electron chi connectivity index (χ2n) is 6.81. The average Bonchev–Trinajstić information content (AvgIpc) is 2.74. The largest absolute Gasteiger partial charge is 0.336 e. The summed E-state index contributed by atoms with van der Waals surface area (Å²) in [5.41, 5.74) is 1.32. The molecule has 1 amide bonds. The second-order valence-corrected chi connectivity index (χ2v) is 8.46. The van der Waals surface area contributed by atoms with Crippen molar-refractivity contribution in [1.82, 2.24) is 14.7 Å². The number of benzene rings is 2. The van der Waals surface area contributed by atoms with Gasteiger partial charge in [-0.1, -0.05) is 17.0 Å². The van der Waals surface area contributed by atoms with E-state index in [9.17, 15) is 23.3 Å². The minimum Gasteiger partial charge on any atom is -0.336 e. The molecule has 1 saturated heterocycles. The Kier molecular flexibility index (Phi) is 6.77. The van der Waals surface area contributed by atoms with E-state index in [0.29, 0.717) is 38.3 Å². The normalized spacial score (nSPS) is 15.2. The van der Waals surface area contributed by atoms with Crippen molar-refractivity contribution in [3.8, 4) is 0 Å². The Morgan fingerprint density at radius 3 is 2.40 bits per heavy atom. The molecule has 0 aliphatic carbocycles. The van der Waals surface area contributed by atoms with Gasteiger partial charge in [-0.15, -0.1) is 0 Å². The highest BCUT2D eigenvalue weighted by Gasteiger charge is 2.23. The summed E-state index contributed by atoms with van der Waals surface area (Å²) in [6, 6.07) is 12.2. The molecular formula is C19H22N4O6S. The van der Waals surface area contributed by atoms with Crippen LogP contribution in [-0.2, 0) is 21.4 Å². The van der Waals surface area contributed by atoms with Crippen molar-refractivity contribution >= 4 is 21.6 Å². The number of carbonyl (C=O) groups is 1. The Labute approximate surface area is 174 Å². The van der Waals surface area contributed by atoms with Crippen molar-refractivity contribution < 1.29 is 23.0 Å². The minimum absolute atomic E-state index is 0.00248. The summed E-state index contributed by atoms with van der Waals surface area (Å²) in [5, 5.41) is 10.9. The first kappa shape index (κ1) is 21.8. The van der Waals surface area contributed by atoms with Gasteiger partial charge in [0.15, 0.2) is 0 Å². The third-order valence-corrected chi connectivity index (χ3v) is 6.07. The fourth-order valence-electron chi connectivity index (χ4n) is 3.25. The van der Waals surface area contributed by atoms with E-state index in [0.717, 1.165) is 5.56 Å². The lowest BCUT2D eigenvalue weighted by atomic mass is 10.1. The molecule has 3 rings (SSSR count). The van der Waals surface area contributed by atoms with E-state index < -0.39 is 14.9 Å². The van der Waals surface area contributed by atoms with Crippen molar-refractivity contribution in [2.75, 3.05) is 33.3 Å². The van der Waals surface area contributed by atoms with E-state index in [-0.39, 0.29) is 16.5 Å². The molecule has 10 nitrogen and oxygen atoms in total. The first-order chi connectivity index (χ1) is 14.3. The van der Waals surface area contributed by atoms with Crippen molar-refractivity contribution in [2.24, 2.45) is 0 Å². The van der Waals surface area contributed by atoms with Gasteiger partial charge in [-0.3, -0.25) is 24.6 Å². The molecule has 1 fully saturated rings. The van der Waals surface area contributed by atoms with Gasteiger partial charge in [-0.25, -0.2) is 8.42 Å². The van der Waals surface area contributed by atoms with Gasteiger partial charge in [0.05, 0.1) is 16.9 Å². The number of amides is 1. The van der Waals surface area contributed by atoms with Gasteiger partial charge in [-0.2, -0.15) is 0 Å². The van der Waals surface area contributed by atoms with Crippen LogP contribution >= 0.6 is 0 Å². The Bertz CT molecular complexity index is 1020. The van der Waals surface area contributed by atoms with Crippen LogP contribution in [0.25, 0.3) is 0 Å². The molecule has 0 saturated carbocycles. The van der Waals surface area contributed by atoms with E-state index in [1.807, 2.05) is 11.0 Å². The zero-order valence-corrected chi connectivity index (χ0v) is 17.2. The topological polar surface area (TPSA) is 122 Å². The molecule has 0 atom stereocenters. The lowest BCUT2D eigenvalue weighted by Gasteiger charge is -2.34. The maximum absolute atomic E-state index is 12.7. The van der Waals surface area contributed by atoms with Gasteiger partial charge in [-0.05, 0) is 29.8 Å². The Morgan fingerprint density at radius 1 is 1.13 bits per heavy atom. The molecule has 2 aromatic carbocycles. The van der Waals surface area contributed by atoms with Crippen molar-refractivity contribution in [3.05, 3.63) is 69.8 Å². The van der Waals surface area contributed by atoms with Gasteiger partial charge in [0, 0.05) is 50.4 Å². The second kappa shape index (κ2) is 9.30. The van der Waals surface area contributed by atoms with Crippen LogP contribution in [0.4, 0.5) is 5.69 Å². The molecular weight excluding hydrogens is 412 g/mol. The highest BCUT2D eigenvalue weighted by atomic mass is 32.2. The molecule has 0 radical (unpaired) electrons. The van der Waals surface area contributed by atoms with Crippen molar-refractivity contribution in [3.63, 3.8) is 0 Å². The van der Waals surface area contributed by atoms with Gasteiger partial charge < -0.3 is 4.90 Å². The van der Waals surface area contributed by atoms with Crippen LogP contribution in [0.2, 0.25) is 0 Å². The first-order valence-electron chi connectivity index (χ1n) is 9.20. The fraction of sp³-hybridized carbons (Fsp3) is 0.316. The molecule has 160 valence electrons. The molecule has 1 aliphatic heterocycles. The van der Waals surface area contributed by atoms with E-state index >= 15 is 0 Å². The number of nitro benzene ring substituents is 1. The summed E-state index contributed by atoms with van der Waals surface area (Å²) in [6.07, 6.45) is 0. The Morgan fingerprint density at radius 2 is 1.80 bits per heavy atom. The molecule has 0 aromatic heterocycles. The molecule has 2 aromatic rings. The minimum atomic E-state index is -3.77. The maximum atomic E-state index is 12.7. The van der Waals surface area contributed by atoms with E-state index in [1.165, 1.54) is 37.4 Å². The molecule has 0 bridgehead atoms. The summed E-state index contributed by atoms with van der Waals surface area (Å²) >= 11 is 0. The van der Waals surface area contributed by atoms with E-state index in [2.05, 4.69) is 9.74 Å². The van der Waals surface area contributed by atoms with E-state index in [4.69, 9.17) is 0 Å². The van der Waals surface area contributed by atoms with Crippen molar-refractivity contribution in [2.45, 2.75) is 11.4 Å². The monoisotopic (exact) mass is 434 g/mol. The quantitative estimate of drug-likeness (QED) is 0.516. The Balaban J connectivity index is 1.58. The highest BCUT2D eigenvalue weighted by molar-refractivity contribution is 7.89. The SMILES string of the molecule is CONS(=O)(=O)c1ccc(C(=O)N2CCN(Cc3cccc([N+](=O)[O-])c3)CC2)cc1. The van der Waals surface area contributed by atoms with Crippen LogP contribution in [-0.4, -0.2) is 62.3 Å². The smallest absolute Gasteiger partial charge is 0.269 e. The summed E-state index contributed by atoms with van der Waals surface area (Å²) in [5.74, 6) is -0.173. The third-order valence-electron chi connectivity index (χ3n) is 4.79. The number of nitro groups is 1. The van der Waals surface area contributed by atoms with Crippen LogP contribution in [0.1, 0.15) is 15.9 Å². The first-order valence-corrected chi connectivity index (χ1v) is 10.7. The number of hydrogen-bond acceptors (Lipinski definition) is 7. The highest BCUT2D eigenvalue weighted by Crippen LogP contribution is 2.17. The predicted octanol–water partition coefficient (Wildman–Crippen LogP) is 1.39. The van der Waals surface area contributed by atoms with Gasteiger partial charge >= 0.3 is 0 Å². The number of piperazine rings is 1. The average molecular weight is 434 g/mol. The molecule has 1 aliphatic rings. The number of nitrogens with zero attached hydrogens (tertiary/aromatic N) is 3. The lowest BCUT2D eigenvalue weighted by Crippen LogP contribution is -2.48. The third kappa shape index (κ3) is 5.19. The fourth-order valence-corrected chi connectivity index (χ4v) is 4.06. The molecule has 0 unspecified atom stereocenters. The van der Waals surface area contributed by atoms with E-state index in [1.54, 1.807) is 17.0 Å². The van der Waals surface area contributed by atoms with Crippen LogP contribution in [0.15, 0.2) is 53.4 Å². The van der Waals surface area contributed by atoms with Gasteiger partial charge in [0.1, 0.15) is 0 Å². The van der Waals surface area contributed by atoms with Gasteiger partial charge in [0.25, 0.3) is 21.6 Å².